The number of rotatable bonds is 7. The molecule has 1 aromatic carbocycles. The molecular weight excluding hydrogens is 513 g/mol. The summed E-state index contributed by atoms with van der Waals surface area (Å²) in [6, 6.07) is 8.80. The largest absolute Gasteiger partial charge is 0.358 e. The average molecular weight is 546 g/mol. The Morgan fingerprint density at radius 2 is 1.95 bits per heavy atom. The second-order valence-corrected chi connectivity index (χ2v) is 10.7. The van der Waals surface area contributed by atoms with Gasteiger partial charge in [-0.25, -0.2) is 9.37 Å². The number of hydrogen-bond acceptors (Lipinski definition) is 5. The molecule has 4 heterocycles. The van der Waals surface area contributed by atoms with E-state index in [9.17, 15) is 4.39 Å². The number of aromatic amines is 2. The van der Waals surface area contributed by atoms with Crippen molar-refractivity contribution in [3.63, 3.8) is 0 Å². The summed E-state index contributed by atoms with van der Waals surface area (Å²) < 4.78 is 14.1. The molecule has 41 heavy (non-hydrogen) atoms. The van der Waals surface area contributed by atoms with Crippen LogP contribution >= 0.6 is 0 Å². The fourth-order valence-corrected chi connectivity index (χ4v) is 5.43. The number of pyridine rings is 2. The van der Waals surface area contributed by atoms with Gasteiger partial charge in [0, 0.05) is 28.9 Å². The number of H-pyrrole nitrogens is 2. The number of allylic oxidation sites excluding steroid dienone is 3. The molecule has 6 rings (SSSR count). The fourth-order valence-electron chi connectivity index (χ4n) is 5.43. The van der Waals surface area contributed by atoms with Crippen molar-refractivity contribution < 1.29 is 4.39 Å². The Balaban J connectivity index is 1.27. The average Bonchev–Trinajstić information content (AvgIpc) is 3.71. The van der Waals surface area contributed by atoms with Crippen LogP contribution in [0.4, 0.5) is 10.1 Å². The van der Waals surface area contributed by atoms with Crippen molar-refractivity contribution in [3.05, 3.63) is 94.8 Å². The number of anilines is 1. The van der Waals surface area contributed by atoms with Crippen molar-refractivity contribution in [2.24, 2.45) is 5.92 Å². The van der Waals surface area contributed by atoms with E-state index < -0.39 is 0 Å². The molecule has 0 bridgehead atoms. The highest BCUT2D eigenvalue weighted by Crippen LogP contribution is 2.31. The lowest BCUT2D eigenvalue weighted by Gasteiger charge is -2.16. The zero-order chi connectivity index (χ0) is 28.5. The Morgan fingerprint density at radius 3 is 2.76 bits per heavy atom. The van der Waals surface area contributed by atoms with E-state index in [1.54, 1.807) is 6.20 Å². The van der Waals surface area contributed by atoms with Gasteiger partial charge in [0.05, 0.1) is 28.4 Å². The molecule has 1 fully saturated rings. The van der Waals surface area contributed by atoms with Crippen LogP contribution in [0.15, 0.2) is 67.3 Å². The summed E-state index contributed by atoms with van der Waals surface area (Å²) in [5.74, 6) is 0.794. The van der Waals surface area contributed by atoms with Crippen molar-refractivity contribution in [2.45, 2.75) is 39.5 Å². The van der Waals surface area contributed by atoms with Crippen LogP contribution in [0.5, 0.6) is 0 Å². The van der Waals surface area contributed by atoms with Gasteiger partial charge in [0.1, 0.15) is 17.0 Å². The van der Waals surface area contributed by atoms with Crippen molar-refractivity contribution in [2.75, 3.05) is 5.32 Å². The minimum absolute atomic E-state index is 0.307. The summed E-state index contributed by atoms with van der Waals surface area (Å²) in [5, 5.41) is 12.5. The maximum absolute atomic E-state index is 14.1. The van der Waals surface area contributed by atoms with Gasteiger partial charge in [-0.15, -0.1) is 0 Å². The standard InChI is InChI=1S/C33H32FN7/c1-19-13-24(15-26(34)14-19)31-32-29(11-12-36-31)38-33(39-32)30-21(3)28(40-41-30)10-9-20(2)25-16-27(18-35-17-25)37-22(4)23-7-5-6-8-23/h9-18,23,37,40H,3-8H2,1-2H3,(H,38,39)/b20-9+,28-10+. The maximum atomic E-state index is 14.1. The first-order chi connectivity index (χ1) is 19.9. The van der Waals surface area contributed by atoms with Crippen molar-refractivity contribution in [1.82, 2.24) is 30.1 Å². The van der Waals surface area contributed by atoms with E-state index in [0.29, 0.717) is 39.4 Å². The van der Waals surface area contributed by atoms with Gasteiger partial charge < -0.3 is 10.3 Å². The van der Waals surface area contributed by atoms with E-state index >= 15 is 0 Å². The van der Waals surface area contributed by atoms with Crippen LogP contribution in [0.1, 0.15) is 43.7 Å². The van der Waals surface area contributed by atoms with Crippen LogP contribution in [-0.4, -0.2) is 30.1 Å². The topological polar surface area (TPSA) is 95.2 Å². The summed E-state index contributed by atoms with van der Waals surface area (Å²) in [6.07, 6.45) is 14.3. The number of benzene rings is 1. The van der Waals surface area contributed by atoms with Gasteiger partial charge in [0.15, 0.2) is 5.82 Å². The van der Waals surface area contributed by atoms with E-state index in [0.717, 1.165) is 39.0 Å². The van der Waals surface area contributed by atoms with Gasteiger partial charge in [-0.3, -0.25) is 15.1 Å². The molecule has 206 valence electrons. The monoisotopic (exact) mass is 545 g/mol. The minimum atomic E-state index is -0.307. The molecule has 1 saturated carbocycles. The van der Waals surface area contributed by atoms with Crippen LogP contribution in [0.3, 0.4) is 0 Å². The van der Waals surface area contributed by atoms with Crippen molar-refractivity contribution in [1.29, 1.82) is 0 Å². The van der Waals surface area contributed by atoms with Crippen LogP contribution in [-0.2, 0) is 0 Å². The van der Waals surface area contributed by atoms with Crippen LogP contribution in [0, 0.1) is 18.7 Å². The van der Waals surface area contributed by atoms with Gasteiger partial charge >= 0.3 is 0 Å². The number of hydrogen-bond donors (Lipinski definition) is 3. The Bertz CT molecular complexity index is 1890. The number of halogens is 1. The number of nitrogens with zero attached hydrogens (tertiary/aromatic N) is 4. The number of aromatic nitrogens is 6. The summed E-state index contributed by atoms with van der Waals surface area (Å²) in [7, 11) is 0. The number of fused-ring (bicyclic) bond motifs is 1. The highest BCUT2D eigenvalue weighted by Gasteiger charge is 2.18. The highest BCUT2D eigenvalue weighted by molar-refractivity contribution is 5.91. The molecule has 3 N–H and O–H groups in total. The first kappa shape index (κ1) is 26.4. The first-order valence-electron chi connectivity index (χ1n) is 13.8. The van der Waals surface area contributed by atoms with Crippen LogP contribution < -0.4 is 15.9 Å². The van der Waals surface area contributed by atoms with E-state index in [-0.39, 0.29) is 5.82 Å². The molecule has 0 radical (unpaired) electrons. The number of aryl methyl sites for hydroxylation is 1. The van der Waals surface area contributed by atoms with E-state index in [1.165, 1.54) is 37.8 Å². The second kappa shape index (κ2) is 11.0. The lowest BCUT2D eigenvalue weighted by molar-refractivity contribution is 0.627. The molecule has 0 unspecified atom stereocenters. The first-order valence-corrected chi connectivity index (χ1v) is 13.8. The molecule has 7 nitrogen and oxygen atoms in total. The Morgan fingerprint density at radius 1 is 1.12 bits per heavy atom. The fraction of sp³-hybridized carbons (Fsp3) is 0.212. The number of imidazole rings is 1. The Labute approximate surface area is 237 Å². The third-order valence-electron chi connectivity index (χ3n) is 7.69. The smallest absolute Gasteiger partial charge is 0.159 e. The predicted octanol–water partition coefficient (Wildman–Crippen LogP) is 6.27. The SMILES string of the molecule is C=C(Nc1cncc(/C(C)=C/C=c2/[nH]nc(-c3nc4c(-c5cc(C)cc(F)c5)nccc4[nH]3)c2=C)c1)C1CCCC1. The van der Waals surface area contributed by atoms with Crippen molar-refractivity contribution >= 4 is 34.9 Å². The van der Waals surface area contributed by atoms with Gasteiger partial charge in [0.2, 0.25) is 0 Å². The molecule has 0 saturated heterocycles. The minimum Gasteiger partial charge on any atom is -0.358 e. The molecule has 0 aliphatic heterocycles. The molecule has 0 spiro atoms. The van der Waals surface area contributed by atoms with E-state index in [4.69, 9.17) is 4.98 Å². The molecule has 1 aliphatic carbocycles. The lowest BCUT2D eigenvalue weighted by atomic mass is 10.0. The van der Waals surface area contributed by atoms with Gasteiger partial charge in [-0.05, 0) is 85.7 Å². The quantitative estimate of drug-likeness (QED) is 0.224. The Kier molecular flexibility index (Phi) is 7.05. The molecule has 0 atom stereocenters. The van der Waals surface area contributed by atoms with Gasteiger partial charge in [0.25, 0.3) is 0 Å². The lowest BCUT2D eigenvalue weighted by Crippen LogP contribution is -2.21. The van der Waals surface area contributed by atoms with E-state index in [1.807, 2.05) is 50.5 Å². The number of nitrogens with one attached hydrogen (secondary N) is 3. The molecule has 0 amide bonds. The van der Waals surface area contributed by atoms with Crippen LogP contribution in [0.2, 0.25) is 0 Å². The summed E-state index contributed by atoms with van der Waals surface area (Å²) in [6.45, 7) is 12.4. The van der Waals surface area contributed by atoms with Gasteiger partial charge in [-0.1, -0.05) is 32.1 Å². The molecule has 8 heteroatoms. The molecule has 4 aromatic heterocycles. The molecule has 5 aromatic rings. The van der Waals surface area contributed by atoms with E-state index in [2.05, 4.69) is 49.7 Å². The van der Waals surface area contributed by atoms with Gasteiger partial charge in [-0.2, -0.15) is 5.10 Å². The second-order valence-electron chi connectivity index (χ2n) is 10.7. The maximum Gasteiger partial charge on any atom is 0.159 e. The normalized spacial score (nSPS) is 14.7. The van der Waals surface area contributed by atoms with Crippen molar-refractivity contribution in [3.8, 4) is 22.8 Å². The third-order valence-corrected chi connectivity index (χ3v) is 7.69. The Hall–Kier alpha value is -4.85. The molecular formula is C33H32FN7. The highest BCUT2D eigenvalue weighted by atomic mass is 19.1. The zero-order valence-electron chi connectivity index (χ0n) is 23.3. The summed E-state index contributed by atoms with van der Waals surface area (Å²) >= 11 is 0. The van der Waals surface area contributed by atoms with Crippen LogP contribution in [0.25, 0.3) is 52.0 Å². The summed E-state index contributed by atoms with van der Waals surface area (Å²) in [5.41, 5.74) is 8.22. The molecule has 1 aliphatic rings. The summed E-state index contributed by atoms with van der Waals surface area (Å²) in [4.78, 5) is 17.0. The predicted molar refractivity (Wildman–Crippen MR) is 163 cm³/mol. The zero-order valence-corrected chi connectivity index (χ0v) is 23.3. The third kappa shape index (κ3) is 5.45.